The van der Waals surface area contributed by atoms with Crippen LogP contribution in [0.4, 0.5) is 0 Å². The molecule has 2 rings (SSSR count). The van der Waals surface area contributed by atoms with Crippen LogP contribution in [0.3, 0.4) is 0 Å². The van der Waals surface area contributed by atoms with E-state index in [0.717, 1.165) is 22.3 Å². The number of aryl methyl sites for hydroxylation is 2. The number of hydrogen-bond acceptors (Lipinski definition) is 2. The summed E-state index contributed by atoms with van der Waals surface area (Å²) in [6, 6.07) is 11.7. The van der Waals surface area contributed by atoms with E-state index in [1.165, 1.54) is 0 Å². The molecule has 0 fully saturated rings. The van der Waals surface area contributed by atoms with Gasteiger partial charge in [-0.2, -0.15) is 0 Å². The van der Waals surface area contributed by atoms with E-state index in [0.29, 0.717) is 17.4 Å². The van der Waals surface area contributed by atoms with Gasteiger partial charge in [-0.05, 0) is 44.0 Å². The predicted octanol–water partition coefficient (Wildman–Crippen LogP) is 4.59. The number of hydrogen-bond donors (Lipinski definition) is 1. The van der Waals surface area contributed by atoms with E-state index in [1.54, 1.807) is 6.92 Å². The molecule has 0 radical (unpaired) electrons. The van der Waals surface area contributed by atoms with Crippen LogP contribution in [0.25, 0.3) is 0 Å². The van der Waals surface area contributed by atoms with Crippen LogP contribution in [0.1, 0.15) is 35.3 Å². The van der Waals surface area contributed by atoms with Crippen LogP contribution in [0, 0.1) is 13.8 Å². The standard InChI is InChI=1S/C17H19ClO2/c1-11-4-6-14(16(18)8-11)10-20-17-9-12(2)5-7-15(17)13(3)19/h4-9,13,19H,10H2,1-3H3/t13-/m1/s1. The van der Waals surface area contributed by atoms with E-state index in [-0.39, 0.29) is 0 Å². The Kier molecular flexibility index (Phi) is 4.69. The van der Waals surface area contributed by atoms with Crippen molar-refractivity contribution in [1.29, 1.82) is 0 Å². The van der Waals surface area contributed by atoms with E-state index in [2.05, 4.69) is 0 Å². The van der Waals surface area contributed by atoms with Crippen molar-refractivity contribution < 1.29 is 9.84 Å². The number of aliphatic hydroxyl groups is 1. The number of rotatable bonds is 4. The largest absolute Gasteiger partial charge is 0.488 e. The molecule has 0 aliphatic carbocycles. The highest BCUT2D eigenvalue weighted by molar-refractivity contribution is 6.31. The first kappa shape index (κ1) is 14.9. The molecule has 1 atom stereocenters. The van der Waals surface area contributed by atoms with Crippen molar-refractivity contribution >= 4 is 11.6 Å². The lowest BCUT2D eigenvalue weighted by Gasteiger charge is -2.15. The van der Waals surface area contributed by atoms with E-state index in [9.17, 15) is 5.11 Å². The Morgan fingerprint density at radius 2 is 1.75 bits per heavy atom. The molecule has 0 amide bonds. The molecular weight excluding hydrogens is 272 g/mol. The summed E-state index contributed by atoms with van der Waals surface area (Å²) in [6.45, 7) is 6.12. The van der Waals surface area contributed by atoms with Gasteiger partial charge < -0.3 is 9.84 Å². The fraction of sp³-hybridized carbons (Fsp3) is 0.294. The first-order chi connectivity index (χ1) is 9.47. The van der Waals surface area contributed by atoms with Gasteiger partial charge in [0.25, 0.3) is 0 Å². The third kappa shape index (κ3) is 3.53. The average molecular weight is 291 g/mol. The summed E-state index contributed by atoms with van der Waals surface area (Å²) in [5.74, 6) is 0.705. The Balaban J connectivity index is 2.20. The van der Waals surface area contributed by atoms with Crippen molar-refractivity contribution in [3.63, 3.8) is 0 Å². The lowest BCUT2D eigenvalue weighted by atomic mass is 10.1. The van der Waals surface area contributed by atoms with Gasteiger partial charge in [0, 0.05) is 16.1 Å². The summed E-state index contributed by atoms with van der Waals surface area (Å²) >= 11 is 6.20. The van der Waals surface area contributed by atoms with E-state index >= 15 is 0 Å². The van der Waals surface area contributed by atoms with Crippen LogP contribution in [0.2, 0.25) is 5.02 Å². The molecule has 106 valence electrons. The molecule has 0 heterocycles. The van der Waals surface area contributed by atoms with Gasteiger partial charge in [0.2, 0.25) is 0 Å². The summed E-state index contributed by atoms with van der Waals surface area (Å²) < 4.78 is 5.84. The van der Waals surface area contributed by atoms with Gasteiger partial charge in [-0.15, -0.1) is 0 Å². The molecule has 0 saturated heterocycles. The SMILES string of the molecule is Cc1ccc(COc2cc(C)ccc2[C@@H](C)O)c(Cl)c1. The molecule has 0 aliphatic rings. The second-order valence-corrected chi connectivity index (χ2v) is 5.51. The van der Waals surface area contributed by atoms with Crippen molar-refractivity contribution in [3.05, 3.63) is 63.7 Å². The first-order valence-electron chi connectivity index (χ1n) is 6.64. The van der Waals surface area contributed by atoms with Crippen molar-refractivity contribution in [2.75, 3.05) is 0 Å². The maximum atomic E-state index is 9.78. The van der Waals surface area contributed by atoms with Gasteiger partial charge >= 0.3 is 0 Å². The normalized spacial score (nSPS) is 12.2. The molecule has 2 aromatic rings. The molecule has 0 aliphatic heterocycles. The summed E-state index contributed by atoms with van der Waals surface area (Å²) in [5.41, 5.74) is 3.95. The fourth-order valence-corrected chi connectivity index (χ4v) is 2.33. The Morgan fingerprint density at radius 3 is 2.40 bits per heavy atom. The van der Waals surface area contributed by atoms with Crippen LogP contribution < -0.4 is 4.74 Å². The van der Waals surface area contributed by atoms with Crippen LogP contribution in [-0.2, 0) is 6.61 Å². The highest BCUT2D eigenvalue weighted by Crippen LogP contribution is 2.28. The van der Waals surface area contributed by atoms with E-state index in [1.807, 2.05) is 50.2 Å². The van der Waals surface area contributed by atoms with Crippen LogP contribution >= 0.6 is 11.6 Å². The number of benzene rings is 2. The van der Waals surface area contributed by atoms with Gasteiger partial charge in [-0.25, -0.2) is 0 Å². The average Bonchev–Trinajstić information content (AvgIpc) is 2.37. The third-order valence-electron chi connectivity index (χ3n) is 3.21. The van der Waals surface area contributed by atoms with Crippen LogP contribution in [0.15, 0.2) is 36.4 Å². The maximum absolute atomic E-state index is 9.78. The molecule has 0 bridgehead atoms. The summed E-state index contributed by atoms with van der Waals surface area (Å²) in [7, 11) is 0. The molecule has 0 saturated carbocycles. The second-order valence-electron chi connectivity index (χ2n) is 5.10. The molecule has 20 heavy (non-hydrogen) atoms. The van der Waals surface area contributed by atoms with Gasteiger partial charge in [-0.3, -0.25) is 0 Å². The minimum atomic E-state index is -0.556. The van der Waals surface area contributed by atoms with Crippen molar-refractivity contribution in [2.45, 2.75) is 33.5 Å². The zero-order valence-corrected chi connectivity index (χ0v) is 12.7. The summed E-state index contributed by atoms with van der Waals surface area (Å²) in [5, 5.41) is 10.5. The molecule has 0 aromatic heterocycles. The summed E-state index contributed by atoms with van der Waals surface area (Å²) in [6.07, 6.45) is -0.556. The number of halogens is 1. The van der Waals surface area contributed by atoms with Crippen LogP contribution in [0.5, 0.6) is 5.75 Å². The maximum Gasteiger partial charge on any atom is 0.125 e. The van der Waals surface area contributed by atoms with E-state index < -0.39 is 6.10 Å². The smallest absolute Gasteiger partial charge is 0.125 e. The Bertz CT molecular complexity index is 606. The Morgan fingerprint density at radius 1 is 1.10 bits per heavy atom. The molecule has 1 N–H and O–H groups in total. The molecular formula is C17H19ClO2. The highest BCUT2D eigenvalue weighted by atomic mass is 35.5. The van der Waals surface area contributed by atoms with Crippen molar-refractivity contribution in [1.82, 2.24) is 0 Å². The van der Waals surface area contributed by atoms with Crippen molar-refractivity contribution in [3.8, 4) is 5.75 Å². The van der Waals surface area contributed by atoms with Crippen LogP contribution in [-0.4, -0.2) is 5.11 Å². The lowest BCUT2D eigenvalue weighted by molar-refractivity contribution is 0.190. The van der Waals surface area contributed by atoms with Gasteiger partial charge in [0.1, 0.15) is 12.4 Å². The molecule has 2 nitrogen and oxygen atoms in total. The molecule has 3 heteroatoms. The van der Waals surface area contributed by atoms with Crippen molar-refractivity contribution in [2.24, 2.45) is 0 Å². The third-order valence-corrected chi connectivity index (χ3v) is 3.56. The molecule has 2 aromatic carbocycles. The topological polar surface area (TPSA) is 29.5 Å². The first-order valence-corrected chi connectivity index (χ1v) is 7.01. The molecule has 0 unspecified atom stereocenters. The minimum absolute atomic E-state index is 0.391. The second kappa shape index (κ2) is 6.29. The zero-order valence-electron chi connectivity index (χ0n) is 12.0. The monoisotopic (exact) mass is 290 g/mol. The van der Waals surface area contributed by atoms with Gasteiger partial charge in [-0.1, -0.05) is 35.9 Å². The van der Waals surface area contributed by atoms with Gasteiger partial charge in [0.05, 0.1) is 6.10 Å². The van der Waals surface area contributed by atoms with E-state index in [4.69, 9.17) is 16.3 Å². The Labute approximate surface area is 125 Å². The Hall–Kier alpha value is -1.51. The minimum Gasteiger partial charge on any atom is -0.488 e. The highest BCUT2D eigenvalue weighted by Gasteiger charge is 2.10. The lowest BCUT2D eigenvalue weighted by Crippen LogP contribution is -2.02. The number of ether oxygens (including phenoxy) is 1. The quantitative estimate of drug-likeness (QED) is 0.892. The fourth-order valence-electron chi connectivity index (χ4n) is 2.04. The van der Waals surface area contributed by atoms with Gasteiger partial charge in [0.15, 0.2) is 0 Å². The summed E-state index contributed by atoms with van der Waals surface area (Å²) in [4.78, 5) is 0. The molecule has 0 spiro atoms. The number of aliphatic hydroxyl groups excluding tert-OH is 1. The predicted molar refractivity (Wildman–Crippen MR) is 82.3 cm³/mol. The zero-order chi connectivity index (χ0) is 14.7.